The Labute approximate surface area is 134 Å². The normalized spacial score (nSPS) is 39.9. The van der Waals surface area contributed by atoms with E-state index < -0.39 is 17.1 Å². The van der Waals surface area contributed by atoms with Gasteiger partial charge in [0.05, 0.1) is 12.5 Å². The lowest BCUT2D eigenvalue weighted by Crippen LogP contribution is -2.74. The van der Waals surface area contributed by atoms with Gasteiger partial charge in [-0.15, -0.1) is 0 Å². The Morgan fingerprint density at radius 3 is 3.04 bits per heavy atom. The van der Waals surface area contributed by atoms with Crippen molar-refractivity contribution in [1.82, 2.24) is 4.90 Å². The zero-order valence-corrected chi connectivity index (χ0v) is 13.2. The van der Waals surface area contributed by atoms with Crippen molar-refractivity contribution in [3.63, 3.8) is 0 Å². The van der Waals surface area contributed by atoms with Crippen LogP contribution in [0.2, 0.25) is 0 Å². The minimum absolute atomic E-state index is 0.0430. The number of rotatable bonds is 1. The summed E-state index contributed by atoms with van der Waals surface area (Å²) in [6.45, 7) is 0.837. The van der Waals surface area contributed by atoms with Crippen LogP contribution in [0, 0.1) is 0 Å². The fraction of sp³-hybridized carbons (Fsp3) is 0.500. The van der Waals surface area contributed by atoms with Crippen LogP contribution in [0.4, 0.5) is 0 Å². The van der Waals surface area contributed by atoms with Crippen LogP contribution < -0.4 is 9.47 Å². The third-order valence-corrected chi connectivity index (χ3v) is 6.34. The molecule has 23 heavy (non-hydrogen) atoms. The van der Waals surface area contributed by atoms with E-state index >= 15 is 0 Å². The lowest BCUT2D eigenvalue weighted by molar-refractivity contribution is -0.151. The van der Waals surface area contributed by atoms with Crippen LogP contribution in [0.1, 0.15) is 17.5 Å². The number of carbonyl (C=O) groups is 1. The van der Waals surface area contributed by atoms with E-state index in [-0.39, 0.29) is 11.8 Å². The second-order valence-corrected chi connectivity index (χ2v) is 7.11. The fourth-order valence-electron chi connectivity index (χ4n) is 5.28. The molecule has 3 unspecified atom stereocenters. The van der Waals surface area contributed by atoms with E-state index in [0.717, 1.165) is 24.1 Å². The lowest BCUT2D eigenvalue weighted by atomic mass is 9.51. The van der Waals surface area contributed by atoms with Crippen LogP contribution in [0.3, 0.4) is 0 Å². The summed E-state index contributed by atoms with van der Waals surface area (Å²) in [5.74, 6) is 1.22. The summed E-state index contributed by atoms with van der Waals surface area (Å²) < 4.78 is 11.6. The first kappa shape index (κ1) is 13.6. The Hall–Kier alpha value is -1.85. The van der Waals surface area contributed by atoms with E-state index in [0.29, 0.717) is 17.9 Å². The minimum Gasteiger partial charge on any atom is -0.493 e. The lowest BCUT2D eigenvalue weighted by Gasteiger charge is -2.60. The van der Waals surface area contributed by atoms with E-state index in [4.69, 9.17) is 9.47 Å². The summed E-state index contributed by atoms with van der Waals surface area (Å²) >= 11 is 0. The minimum atomic E-state index is -1.08. The number of likely N-dealkylation sites (tertiary alicyclic amines) is 1. The van der Waals surface area contributed by atoms with Gasteiger partial charge in [0.25, 0.3) is 0 Å². The Kier molecular flexibility index (Phi) is 2.34. The van der Waals surface area contributed by atoms with Crippen LogP contribution in [0.5, 0.6) is 11.5 Å². The number of hydrogen-bond acceptors (Lipinski definition) is 5. The number of ketones is 1. The van der Waals surface area contributed by atoms with Crippen molar-refractivity contribution < 1.29 is 19.4 Å². The molecule has 1 spiro atoms. The smallest absolute Gasteiger partial charge is 0.196 e. The number of hydrogen-bond donors (Lipinski definition) is 1. The number of carbonyl (C=O) groups excluding carboxylic acids is 1. The molecule has 1 N–H and O–H groups in total. The maximum atomic E-state index is 12.6. The average molecular weight is 313 g/mol. The zero-order valence-electron chi connectivity index (χ0n) is 13.2. The Morgan fingerprint density at radius 2 is 2.26 bits per heavy atom. The molecule has 0 saturated carbocycles. The standard InChI is InChI=1S/C18H19NO4/c1-19-8-7-17-14-10-3-4-12(22-2)15(14)23-16(17)11(20)5-6-18(17,21)13(19)9-10/h3-6,13,16,21H,7-9H2,1-2H3/t13-,16?,17?,18?/m1/s1. The molecule has 0 radical (unpaired) electrons. The van der Waals surface area contributed by atoms with Crippen molar-refractivity contribution in [2.24, 2.45) is 0 Å². The number of nitrogens with zero attached hydrogens (tertiary/aromatic N) is 1. The number of benzene rings is 1. The highest BCUT2D eigenvalue weighted by Crippen LogP contribution is 2.63. The highest BCUT2D eigenvalue weighted by atomic mass is 16.5. The Bertz CT molecular complexity index is 773. The third kappa shape index (κ3) is 1.28. The largest absolute Gasteiger partial charge is 0.493 e. The molecular weight excluding hydrogens is 294 g/mol. The summed E-state index contributed by atoms with van der Waals surface area (Å²) in [5.41, 5.74) is 0.385. The van der Waals surface area contributed by atoms with Gasteiger partial charge in [0.1, 0.15) is 5.60 Å². The van der Waals surface area contributed by atoms with Crippen molar-refractivity contribution >= 4 is 5.78 Å². The maximum absolute atomic E-state index is 12.6. The first-order chi connectivity index (χ1) is 11.0. The molecule has 0 aromatic heterocycles. The van der Waals surface area contributed by atoms with E-state index in [1.54, 1.807) is 13.2 Å². The molecule has 1 aromatic rings. The number of aliphatic hydroxyl groups is 1. The zero-order chi connectivity index (χ0) is 16.0. The average Bonchev–Trinajstić information content (AvgIpc) is 2.90. The van der Waals surface area contributed by atoms with Crippen molar-refractivity contribution in [3.05, 3.63) is 35.4 Å². The second kappa shape index (κ2) is 3.97. The molecule has 4 atom stereocenters. The number of piperidine rings is 1. The molecular formula is C18H19NO4. The first-order valence-electron chi connectivity index (χ1n) is 8.05. The molecule has 1 aromatic carbocycles. The highest BCUT2D eigenvalue weighted by Gasteiger charge is 2.71. The first-order valence-corrected chi connectivity index (χ1v) is 8.05. The quantitative estimate of drug-likeness (QED) is 0.832. The van der Waals surface area contributed by atoms with E-state index in [1.807, 2.05) is 13.1 Å². The van der Waals surface area contributed by atoms with Crippen molar-refractivity contribution in [3.8, 4) is 11.5 Å². The predicted octanol–water partition coefficient (Wildman–Crippen LogP) is 0.824. The van der Waals surface area contributed by atoms with Gasteiger partial charge in [-0.05, 0) is 50.2 Å². The van der Waals surface area contributed by atoms with Gasteiger partial charge in [0.15, 0.2) is 23.4 Å². The van der Waals surface area contributed by atoms with E-state index in [9.17, 15) is 9.90 Å². The molecule has 2 aliphatic carbocycles. The van der Waals surface area contributed by atoms with Gasteiger partial charge in [0, 0.05) is 11.6 Å². The summed E-state index contributed by atoms with van der Waals surface area (Å²) in [4.78, 5) is 14.8. The SMILES string of the molecule is COc1ccc2c3c1OC1C(=O)C=CC4(O)[C@@H](C2)N(C)CCC314. The van der Waals surface area contributed by atoms with E-state index in [1.165, 1.54) is 6.08 Å². The van der Waals surface area contributed by atoms with Gasteiger partial charge in [-0.25, -0.2) is 0 Å². The molecule has 0 amide bonds. The molecule has 2 heterocycles. The molecule has 2 bridgehead atoms. The van der Waals surface area contributed by atoms with Crippen molar-refractivity contribution in [1.29, 1.82) is 0 Å². The van der Waals surface area contributed by atoms with Crippen LogP contribution >= 0.6 is 0 Å². The van der Waals surface area contributed by atoms with Crippen LogP contribution in [-0.2, 0) is 16.6 Å². The Balaban J connectivity index is 1.89. The van der Waals surface area contributed by atoms with Crippen LogP contribution in [-0.4, -0.2) is 54.2 Å². The number of likely N-dealkylation sites (N-methyl/N-ethyl adjacent to an activating group) is 1. The van der Waals surface area contributed by atoms with Gasteiger partial charge in [-0.2, -0.15) is 0 Å². The van der Waals surface area contributed by atoms with Crippen LogP contribution in [0.15, 0.2) is 24.3 Å². The molecule has 4 aliphatic rings. The molecule has 2 aliphatic heterocycles. The number of ether oxygens (including phenoxy) is 2. The molecule has 1 saturated heterocycles. The fourth-order valence-corrected chi connectivity index (χ4v) is 5.28. The van der Waals surface area contributed by atoms with Gasteiger partial charge in [-0.3, -0.25) is 9.69 Å². The monoisotopic (exact) mass is 313 g/mol. The Morgan fingerprint density at radius 1 is 1.43 bits per heavy atom. The van der Waals surface area contributed by atoms with E-state index in [2.05, 4.69) is 11.0 Å². The van der Waals surface area contributed by atoms with Gasteiger partial charge in [0.2, 0.25) is 0 Å². The molecule has 120 valence electrons. The summed E-state index contributed by atoms with van der Waals surface area (Å²) in [6, 6.07) is 3.92. The number of methoxy groups -OCH3 is 1. The van der Waals surface area contributed by atoms with Crippen molar-refractivity contribution in [2.75, 3.05) is 20.7 Å². The van der Waals surface area contributed by atoms with Crippen molar-refractivity contribution in [2.45, 2.75) is 36.0 Å². The molecule has 1 fully saturated rings. The topological polar surface area (TPSA) is 59.0 Å². The summed E-state index contributed by atoms with van der Waals surface area (Å²) in [7, 11) is 3.65. The highest BCUT2D eigenvalue weighted by molar-refractivity contribution is 5.99. The molecule has 5 rings (SSSR count). The second-order valence-electron chi connectivity index (χ2n) is 7.11. The van der Waals surface area contributed by atoms with Gasteiger partial charge in [-0.1, -0.05) is 6.07 Å². The summed E-state index contributed by atoms with van der Waals surface area (Å²) in [5, 5.41) is 11.7. The third-order valence-electron chi connectivity index (χ3n) is 6.34. The van der Waals surface area contributed by atoms with Gasteiger partial charge < -0.3 is 14.6 Å². The predicted molar refractivity (Wildman–Crippen MR) is 82.9 cm³/mol. The molecule has 5 heteroatoms. The van der Waals surface area contributed by atoms with Gasteiger partial charge >= 0.3 is 0 Å². The maximum Gasteiger partial charge on any atom is 0.196 e. The summed E-state index contributed by atoms with van der Waals surface area (Å²) in [6.07, 6.45) is 4.00. The van der Waals surface area contributed by atoms with Crippen LogP contribution in [0.25, 0.3) is 0 Å². The molecule has 5 nitrogen and oxygen atoms in total.